The Balaban J connectivity index is 2.57. The molecule has 4 heteroatoms. The fraction of sp³-hybridized carbons (Fsp3) is 0.700. The van der Waals surface area contributed by atoms with Crippen LogP contribution in [0.2, 0.25) is 0 Å². The Hall–Kier alpha value is -0.610. The van der Waals surface area contributed by atoms with Crippen molar-refractivity contribution < 1.29 is 0 Å². The molecule has 0 aliphatic heterocycles. The third kappa shape index (κ3) is 2.96. The van der Waals surface area contributed by atoms with E-state index in [2.05, 4.69) is 24.1 Å². The Morgan fingerprint density at radius 3 is 2.64 bits per heavy atom. The lowest BCUT2D eigenvalue weighted by Gasteiger charge is -2.14. The molecule has 1 unspecified atom stereocenters. The minimum atomic E-state index is 0.366. The van der Waals surface area contributed by atoms with Gasteiger partial charge in [0.15, 0.2) is 5.13 Å². The summed E-state index contributed by atoms with van der Waals surface area (Å²) in [4.78, 5) is 5.71. The van der Waals surface area contributed by atoms with Gasteiger partial charge in [-0.3, -0.25) is 0 Å². The molecule has 0 aromatic carbocycles. The van der Waals surface area contributed by atoms with Gasteiger partial charge in [-0.1, -0.05) is 13.3 Å². The molecular weight excluding hydrogens is 194 g/mol. The van der Waals surface area contributed by atoms with E-state index < -0.39 is 0 Å². The topological polar surface area (TPSA) is 50.9 Å². The molecule has 0 bridgehead atoms. The average Bonchev–Trinajstić information content (AvgIpc) is 2.45. The Labute approximate surface area is 89.7 Å². The smallest absolute Gasteiger partial charge is 0.183 e. The van der Waals surface area contributed by atoms with Gasteiger partial charge >= 0.3 is 0 Å². The van der Waals surface area contributed by atoms with Gasteiger partial charge in [0, 0.05) is 17.5 Å². The van der Waals surface area contributed by atoms with E-state index in [0.717, 1.165) is 23.7 Å². The molecule has 1 aromatic rings. The zero-order valence-corrected chi connectivity index (χ0v) is 9.95. The summed E-state index contributed by atoms with van der Waals surface area (Å²) >= 11 is 1.71. The van der Waals surface area contributed by atoms with Crippen LogP contribution < -0.4 is 11.1 Å². The van der Waals surface area contributed by atoms with E-state index in [1.54, 1.807) is 11.3 Å². The summed E-state index contributed by atoms with van der Waals surface area (Å²) in [5.74, 6) is 0. The minimum Gasteiger partial charge on any atom is -0.358 e. The molecule has 3 nitrogen and oxygen atoms in total. The van der Waals surface area contributed by atoms with E-state index in [4.69, 9.17) is 5.73 Å². The molecule has 0 saturated heterocycles. The SMILES string of the molecule is CCCC(CN)Nc1nc(C)c(C)s1. The zero-order chi connectivity index (χ0) is 10.6. The van der Waals surface area contributed by atoms with Crippen molar-refractivity contribution in [1.82, 2.24) is 4.98 Å². The fourth-order valence-electron chi connectivity index (χ4n) is 1.31. The number of anilines is 1. The Bertz CT molecular complexity index is 263. The molecule has 0 amide bonds. The third-order valence-electron chi connectivity index (χ3n) is 2.28. The van der Waals surface area contributed by atoms with Gasteiger partial charge in [0.1, 0.15) is 0 Å². The first-order valence-electron chi connectivity index (χ1n) is 5.08. The molecule has 0 aliphatic carbocycles. The van der Waals surface area contributed by atoms with Crippen LogP contribution in [0.15, 0.2) is 0 Å². The van der Waals surface area contributed by atoms with Crippen molar-refractivity contribution in [1.29, 1.82) is 0 Å². The maximum Gasteiger partial charge on any atom is 0.183 e. The van der Waals surface area contributed by atoms with E-state index in [1.165, 1.54) is 4.88 Å². The molecule has 0 saturated carbocycles. The highest BCUT2D eigenvalue weighted by molar-refractivity contribution is 7.15. The standard InChI is InChI=1S/C10H19N3S/c1-4-5-9(6-11)13-10-12-7(2)8(3)14-10/h9H,4-6,11H2,1-3H3,(H,12,13). The Kier molecular flexibility index (Phi) is 4.35. The van der Waals surface area contributed by atoms with E-state index >= 15 is 0 Å². The van der Waals surface area contributed by atoms with Gasteiger partial charge in [-0.15, -0.1) is 11.3 Å². The first-order valence-corrected chi connectivity index (χ1v) is 5.89. The highest BCUT2D eigenvalue weighted by atomic mass is 32.1. The minimum absolute atomic E-state index is 0.366. The summed E-state index contributed by atoms with van der Waals surface area (Å²) < 4.78 is 0. The van der Waals surface area contributed by atoms with E-state index in [9.17, 15) is 0 Å². The first-order chi connectivity index (χ1) is 6.67. The van der Waals surface area contributed by atoms with Crippen LogP contribution in [0.3, 0.4) is 0 Å². The van der Waals surface area contributed by atoms with Gasteiger partial charge in [-0.05, 0) is 20.3 Å². The second-order valence-electron chi connectivity index (χ2n) is 3.53. The molecule has 1 heterocycles. The molecule has 0 spiro atoms. The van der Waals surface area contributed by atoms with Crippen molar-refractivity contribution in [2.45, 2.75) is 39.7 Å². The zero-order valence-electron chi connectivity index (χ0n) is 9.13. The molecule has 1 rings (SSSR count). The lowest BCUT2D eigenvalue weighted by Crippen LogP contribution is -2.28. The Morgan fingerprint density at radius 2 is 2.21 bits per heavy atom. The summed E-state index contributed by atoms with van der Waals surface area (Å²) in [5, 5.41) is 4.38. The molecule has 0 aliphatic rings. The molecular formula is C10H19N3S. The fourth-order valence-corrected chi connectivity index (χ4v) is 2.20. The molecule has 1 atom stereocenters. The molecule has 0 fully saturated rings. The van der Waals surface area contributed by atoms with Crippen LogP contribution in [0.1, 0.15) is 30.3 Å². The average molecular weight is 213 g/mol. The van der Waals surface area contributed by atoms with Crippen LogP contribution in [-0.4, -0.2) is 17.6 Å². The quantitative estimate of drug-likeness (QED) is 0.789. The molecule has 14 heavy (non-hydrogen) atoms. The van der Waals surface area contributed by atoms with E-state index in [1.807, 2.05) is 6.92 Å². The summed E-state index contributed by atoms with van der Waals surface area (Å²) in [7, 11) is 0. The van der Waals surface area contributed by atoms with Crippen molar-refractivity contribution in [3.05, 3.63) is 10.6 Å². The summed E-state index contributed by atoms with van der Waals surface area (Å²) in [6.45, 7) is 6.97. The number of thiazole rings is 1. The predicted octanol–water partition coefficient (Wildman–Crippen LogP) is 2.30. The second kappa shape index (κ2) is 5.32. The van der Waals surface area contributed by atoms with Crippen LogP contribution >= 0.6 is 11.3 Å². The van der Waals surface area contributed by atoms with Crippen LogP contribution in [0, 0.1) is 13.8 Å². The molecule has 1 aromatic heterocycles. The van der Waals surface area contributed by atoms with Crippen molar-refractivity contribution in [3.8, 4) is 0 Å². The number of nitrogens with one attached hydrogen (secondary N) is 1. The number of hydrogen-bond donors (Lipinski definition) is 2. The largest absolute Gasteiger partial charge is 0.358 e. The van der Waals surface area contributed by atoms with E-state index in [-0.39, 0.29) is 0 Å². The highest BCUT2D eigenvalue weighted by Gasteiger charge is 2.08. The summed E-state index contributed by atoms with van der Waals surface area (Å²) in [6.07, 6.45) is 2.26. The van der Waals surface area contributed by atoms with Crippen molar-refractivity contribution in [2.24, 2.45) is 5.73 Å². The van der Waals surface area contributed by atoms with Crippen LogP contribution in [0.5, 0.6) is 0 Å². The first kappa shape index (κ1) is 11.5. The monoisotopic (exact) mass is 213 g/mol. The van der Waals surface area contributed by atoms with Crippen molar-refractivity contribution in [3.63, 3.8) is 0 Å². The number of nitrogens with zero attached hydrogens (tertiary/aromatic N) is 1. The van der Waals surface area contributed by atoms with Gasteiger partial charge in [-0.25, -0.2) is 4.98 Å². The number of rotatable bonds is 5. The lowest BCUT2D eigenvalue weighted by molar-refractivity contribution is 0.647. The van der Waals surface area contributed by atoms with Crippen LogP contribution in [-0.2, 0) is 0 Å². The maximum atomic E-state index is 5.67. The van der Waals surface area contributed by atoms with Gasteiger partial charge in [-0.2, -0.15) is 0 Å². The second-order valence-corrected chi connectivity index (χ2v) is 4.73. The number of aromatic nitrogens is 1. The van der Waals surface area contributed by atoms with E-state index in [0.29, 0.717) is 12.6 Å². The third-order valence-corrected chi connectivity index (χ3v) is 3.28. The normalized spacial score (nSPS) is 12.9. The number of hydrogen-bond acceptors (Lipinski definition) is 4. The van der Waals surface area contributed by atoms with Gasteiger partial charge < -0.3 is 11.1 Å². The number of nitrogens with two attached hydrogens (primary N) is 1. The van der Waals surface area contributed by atoms with Gasteiger partial charge in [0.2, 0.25) is 0 Å². The van der Waals surface area contributed by atoms with Gasteiger partial charge in [0.05, 0.1) is 5.69 Å². The molecule has 3 N–H and O–H groups in total. The predicted molar refractivity (Wildman–Crippen MR) is 63.0 cm³/mol. The van der Waals surface area contributed by atoms with Crippen molar-refractivity contribution >= 4 is 16.5 Å². The Morgan fingerprint density at radius 1 is 1.50 bits per heavy atom. The van der Waals surface area contributed by atoms with Gasteiger partial charge in [0.25, 0.3) is 0 Å². The molecule has 80 valence electrons. The highest BCUT2D eigenvalue weighted by Crippen LogP contribution is 2.22. The maximum absolute atomic E-state index is 5.67. The van der Waals surface area contributed by atoms with Crippen molar-refractivity contribution in [2.75, 3.05) is 11.9 Å². The summed E-state index contributed by atoms with van der Waals surface area (Å²) in [6, 6.07) is 0.366. The van der Waals surface area contributed by atoms with Crippen LogP contribution in [0.4, 0.5) is 5.13 Å². The van der Waals surface area contributed by atoms with Crippen LogP contribution in [0.25, 0.3) is 0 Å². The summed E-state index contributed by atoms with van der Waals surface area (Å²) in [5.41, 5.74) is 6.78. The molecule has 0 radical (unpaired) electrons. The number of aryl methyl sites for hydroxylation is 2. The lowest BCUT2D eigenvalue weighted by atomic mass is 10.2.